The van der Waals surface area contributed by atoms with Crippen LogP contribution in [-0.4, -0.2) is 0 Å². The standard InChI is InChI=1S/C10H9NO2/c11-6-7-2-1-3-8-9(12)4-5-13-10(7)8/h1-5H,6,11H2. The van der Waals surface area contributed by atoms with Crippen molar-refractivity contribution < 1.29 is 4.42 Å². The Morgan fingerprint density at radius 1 is 1.31 bits per heavy atom. The fraction of sp³-hybridized carbons (Fsp3) is 0.100. The summed E-state index contributed by atoms with van der Waals surface area (Å²) in [6, 6.07) is 6.80. The molecule has 13 heavy (non-hydrogen) atoms. The summed E-state index contributed by atoms with van der Waals surface area (Å²) in [5, 5.41) is 0.588. The first kappa shape index (κ1) is 8.01. The Balaban J connectivity index is 2.92. The van der Waals surface area contributed by atoms with Crippen molar-refractivity contribution in [1.29, 1.82) is 0 Å². The Bertz CT molecular complexity index is 487. The van der Waals surface area contributed by atoms with Gasteiger partial charge in [0.05, 0.1) is 11.6 Å². The normalized spacial score (nSPS) is 10.5. The minimum atomic E-state index is -0.0310. The van der Waals surface area contributed by atoms with Crippen LogP contribution < -0.4 is 11.2 Å². The highest BCUT2D eigenvalue weighted by atomic mass is 16.3. The van der Waals surface area contributed by atoms with E-state index < -0.39 is 0 Å². The smallest absolute Gasteiger partial charge is 0.192 e. The molecule has 0 amide bonds. The molecule has 1 aromatic carbocycles. The molecule has 0 bridgehead atoms. The molecule has 0 radical (unpaired) electrons. The third-order valence-electron chi connectivity index (χ3n) is 1.99. The molecule has 2 aromatic rings. The summed E-state index contributed by atoms with van der Waals surface area (Å²) in [6.07, 6.45) is 1.39. The van der Waals surface area contributed by atoms with E-state index >= 15 is 0 Å². The molecule has 2 N–H and O–H groups in total. The van der Waals surface area contributed by atoms with Crippen LogP contribution in [0.3, 0.4) is 0 Å². The van der Waals surface area contributed by atoms with Crippen molar-refractivity contribution in [3.63, 3.8) is 0 Å². The van der Waals surface area contributed by atoms with Gasteiger partial charge in [-0.3, -0.25) is 4.79 Å². The van der Waals surface area contributed by atoms with Crippen LogP contribution in [-0.2, 0) is 6.54 Å². The molecule has 0 saturated heterocycles. The van der Waals surface area contributed by atoms with Crippen molar-refractivity contribution in [3.05, 3.63) is 46.3 Å². The maximum atomic E-state index is 11.3. The van der Waals surface area contributed by atoms with E-state index in [4.69, 9.17) is 10.2 Å². The van der Waals surface area contributed by atoms with Crippen LogP contribution in [0.25, 0.3) is 11.0 Å². The second kappa shape index (κ2) is 3.03. The number of rotatable bonds is 1. The Hall–Kier alpha value is -1.61. The quantitative estimate of drug-likeness (QED) is 0.709. The topological polar surface area (TPSA) is 56.2 Å². The summed E-state index contributed by atoms with van der Waals surface area (Å²) in [4.78, 5) is 11.3. The maximum Gasteiger partial charge on any atom is 0.192 e. The molecule has 0 atom stereocenters. The van der Waals surface area contributed by atoms with Crippen molar-refractivity contribution >= 4 is 11.0 Å². The zero-order valence-corrected chi connectivity index (χ0v) is 6.99. The van der Waals surface area contributed by atoms with E-state index in [1.807, 2.05) is 6.07 Å². The average molecular weight is 175 g/mol. The van der Waals surface area contributed by atoms with E-state index in [1.165, 1.54) is 12.3 Å². The van der Waals surface area contributed by atoms with E-state index in [2.05, 4.69) is 0 Å². The molecule has 3 nitrogen and oxygen atoms in total. The van der Waals surface area contributed by atoms with Crippen molar-refractivity contribution in [3.8, 4) is 0 Å². The van der Waals surface area contributed by atoms with Crippen molar-refractivity contribution in [2.45, 2.75) is 6.54 Å². The number of nitrogens with two attached hydrogens (primary N) is 1. The first-order valence-electron chi connectivity index (χ1n) is 4.02. The summed E-state index contributed by atoms with van der Waals surface area (Å²) in [5.41, 5.74) is 6.92. The predicted octanol–water partition coefficient (Wildman–Crippen LogP) is 1.25. The van der Waals surface area contributed by atoms with Gasteiger partial charge in [-0.15, -0.1) is 0 Å². The number of benzene rings is 1. The number of fused-ring (bicyclic) bond motifs is 1. The fourth-order valence-electron chi connectivity index (χ4n) is 1.33. The molecule has 0 aliphatic carbocycles. The largest absolute Gasteiger partial charge is 0.464 e. The van der Waals surface area contributed by atoms with Crippen LogP contribution in [0, 0.1) is 0 Å². The minimum Gasteiger partial charge on any atom is -0.464 e. The third-order valence-corrected chi connectivity index (χ3v) is 1.99. The number of hydrogen-bond donors (Lipinski definition) is 1. The highest BCUT2D eigenvalue weighted by Gasteiger charge is 2.02. The molecule has 1 heterocycles. The molecule has 0 unspecified atom stereocenters. The Kier molecular flexibility index (Phi) is 1.87. The SMILES string of the molecule is NCc1cccc2c(=O)ccoc12. The fourth-order valence-corrected chi connectivity index (χ4v) is 1.33. The van der Waals surface area contributed by atoms with Gasteiger partial charge in [0.2, 0.25) is 0 Å². The molecule has 0 aliphatic rings. The molecule has 0 spiro atoms. The van der Waals surface area contributed by atoms with Crippen LogP contribution >= 0.6 is 0 Å². The number of para-hydroxylation sites is 1. The van der Waals surface area contributed by atoms with E-state index in [0.717, 1.165) is 5.56 Å². The van der Waals surface area contributed by atoms with Crippen LogP contribution in [0.5, 0.6) is 0 Å². The van der Waals surface area contributed by atoms with Gasteiger partial charge in [-0.1, -0.05) is 12.1 Å². The van der Waals surface area contributed by atoms with Gasteiger partial charge in [-0.05, 0) is 6.07 Å². The minimum absolute atomic E-state index is 0.0310. The molecule has 0 fully saturated rings. The van der Waals surface area contributed by atoms with E-state index in [1.54, 1.807) is 12.1 Å². The second-order valence-corrected chi connectivity index (χ2v) is 2.78. The van der Waals surface area contributed by atoms with E-state index in [0.29, 0.717) is 17.5 Å². The van der Waals surface area contributed by atoms with Crippen molar-refractivity contribution in [2.24, 2.45) is 5.73 Å². The molecular weight excluding hydrogens is 166 g/mol. The lowest BCUT2D eigenvalue weighted by Gasteiger charge is -2.00. The summed E-state index contributed by atoms with van der Waals surface area (Å²) in [6.45, 7) is 0.379. The zero-order chi connectivity index (χ0) is 9.26. The monoisotopic (exact) mass is 175 g/mol. The first-order valence-corrected chi connectivity index (χ1v) is 4.02. The zero-order valence-electron chi connectivity index (χ0n) is 6.99. The number of hydrogen-bond acceptors (Lipinski definition) is 3. The lowest BCUT2D eigenvalue weighted by Crippen LogP contribution is -2.02. The molecule has 0 saturated carbocycles. The van der Waals surface area contributed by atoms with Crippen molar-refractivity contribution in [1.82, 2.24) is 0 Å². The van der Waals surface area contributed by atoms with Gasteiger partial charge in [0, 0.05) is 18.2 Å². The highest BCUT2D eigenvalue weighted by Crippen LogP contribution is 2.14. The van der Waals surface area contributed by atoms with Crippen LogP contribution in [0.2, 0.25) is 0 Å². The van der Waals surface area contributed by atoms with Gasteiger partial charge in [0.1, 0.15) is 5.58 Å². The molecule has 66 valence electrons. The van der Waals surface area contributed by atoms with Crippen LogP contribution in [0.1, 0.15) is 5.56 Å². The Labute approximate surface area is 74.8 Å². The lowest BCUT2D eigenvalue weighted by molar-refractivity contribution is 0.597. The van der Waals surface area contributed by atoms with E-state index in [-0.39, 0.29) is 5.43 Å². The van der Waals surface area contributed by atoms with Gasteiger partial charge in [0.15, 0.2) is 5.43 Å². The lowest BCUT2D eigenvalue weighted by atomic mass is 10.1. The third kappa shape index (κ3) is 1.23. The van der Waals surface area contributed by atoms with Crippen LogP contribution in [0.4, 0.5) is 0 Å². The molecule has 2 rings (SSSR count). The van der Waals surface area contributed by atoms with Gasteiger partial charge >= 0.3 is 0 Å². The first-order chi connectivity index (χ1) is 6.33. The summed E-state index contributed by atoms with van der Waals surface area (Å²) in [7, 11) is 0. The molecule has 3 heteroatoms. The second-order valence-electron chi connectivity index (χ2n) is 2.78. The van der Waals surface area contributed by atoms with Gasteiger partial charge in [-0.25, -0.2) is 0 Å². The van der Waals surface area contributed by atoms with Crippen LogP contribution in [0.15, 0.2) is 39.7 Å². The Morgan fingerprint density at radius 3 is 2.92 bits per heavy atom. The van der Waals surface area contributed by atoms with Gasteiger partial charge in [-0.2, -0.15) is 0 Å². The maximum absolute atomic E-state index is 11.3. The molecular formula is C10H9NO2. The summed E-state index contributed by atoms with van der Waals surface area (Å²) in [5.74, 6) is 0. The predicted molar refractivity (Wildman–Crippen MR) is 50.4 cm³/mol. The molecule has 0 aliphatic heterocycles. The molecule has 1 aromatic heterocycles. The van der Waals surface area contributed by atoms with Gasteiger partial charge in [0.25, 0.3) is 0 Å². The van der Waals surface area contributed by atoms with E-state index in [9.17, 15) is 4.79 Å². The summed E-state index contributed by atoms with van der Waals surface area (Å²) >= 11 is 0. The summed E-state index contributed by atoms with van der Waals surface area (Å²) < 4.78 is 5.23. The van der Waals surface area contributed by atoms with Crippen molar-refractivity contribution in [2.75, 3.05) is 0 Å². The Morgan fingerprint density at radius 2 is 2.15 bits per heavy atom. The highest BCUT2D eigenvalue weighted by molar-refractivity contribution is 5.79. The van der Waals surface area contributed by atoms with Gasteiger partial charge < -0.3 is 10.2 Å². The average Bonchev–Trinajstić information content (AvgIpc) is 2.18.